The lowest BCUT2D eigenvalue weighted by molar-refractivity contribution is -0.153. The molecule has 1 rings (SSSR count). The molecule has 0 amide bonds. The number of carboxylic acids is 1. The lowest BCUT2D eigenvalue weighted by Crippen LogP contribution is -2.19. The van der Waals surface area contributed by atoms with E-state index in [0.717, 1.165) is 6.42 Å². The average Bonchev–Trinajstić information content (AvgIpc) is 2.41. The van der Waals surface area contributed by atoms with E-state index in [9.17, 15) is 23.1 Å². The molecule has 1 aromatic carbocycles. The van der Waals surface area contributed by atoms with Crippen LogP contribution in [0.4, 0.5) is 13.2 Å². The maximum Gasteiger partial charge on any atom is 0.422 e. The van der Waals surface area contributed by atoms with Crippen LogP contribution >= 0.6 is 11.6 Å². The molecule has 0 radical (unpaired) electrons. The van der Waals surface area contributed by atoms with Crippen LogP contribution in [0.5, 0.6) is 5.75 Å². The molecule has 0 saturated carbocycles. The van der Waals surface area contributed by atoms with E-state index < -0.39 is 24.7 Å². The third-order valence-electron chi connectivity index (χ3n) is 2.86. The molecular weight excluding hydrogens is 309 g/mol. The first kappa shape index (κ1) is 17.6. The predicted octanol–water partition coefficient (Wildman–Crippen LogP) is 4.21. The summed E-state index contributed by atoms with van der Waals surface area (Å²) in [7, 11) is 0. The van der Waals surface area contributed by atoms with Crippen LogP contribution in [0.2, 0.25) is 0 Å². The van der Waals surface area contributed by atoms with E-state index in [1.54, 1.807) is 0 Å². The van der Waals surface area contributed by atoms with E-state index in [4.69, 9.17) is 11.6 Å². The van der Waals surface area contributed by atoms with Crippen molar-refractivity contribution in [3.63, 3.8) is 0 Å². The fourth-order valence-electron chi connectivity index (χ4n) is 1.84. The summed E-state index contributed by atoms with van der Waals surface area (Å²) < 4.78 is 40.6. The Labute approximate surface area is 125 Å². The molecule has 0 heterocycles. The van der Waals surface area contributed by atoms with Gasteiger partial charge < -0.3 is 9.84 Å². The summed E-state index contributed by atoms with van der Waals surface area (Å²) in [6.45, 7) is -1.37. The Bertz CT molecular complexity index is 446. The van der Waals surface area contributed by atoms with Gasteiger partial charge in [0.25, 0.3) is 0 Å². The van der Waals surface area contributed by atoms with Gasteiger partial charge in [-0.05, 0) is 30.5 Å². The van der Waals surface area contributed by atoms with Gasteiger partial charge >= 0.3 is 12.1 Å². The predicted molar refractivity (Wildman–Crippen MR) is 72.9 cm³/mol. The minimum Gasteiger partial charge on any atom is -0.484 e. The molecule has 1 unspecified atom stereocenters. The van der Waals surface area contributed by atoms with E-state index in [-0.39, 0.29) is 5.75 Å². The van der Waals surface area contributed by atoms with E-state index in [2.05, 4.69) is 4.74 Å². The lowest BCUT2D eigenvalue weighted by Gasteiger charge is -2.14. The van der Waals surface area contributed by atoms with Crippen molar-refractivity contribution < 1.29 is 27.8 Å². The van der Waals surface area contributed by atoms with Crippen molar-refractivity contribution in [1.82, 2.24) is 0 Å². The maximum absolute atomic E-state index is 12.0. The van der Waals surface area contributed by atoms with Crippen LogP contribution in [0.3, 0.4) is 0 Å². The zero-order valence-corrected chi connectivity index (χ0v) is 12.0. The van der Waals surface area contributed by atoms with E-state index in [1.165, 1.54) is 24.3 Å². The molecule has 1 atom stereocenters. The average molecular weight is 325 g/mol. The SMILES string of the molecule is O=C(O)C(CCCCCl)c1ccc(OCC(F)(F)F)cc1. The van der Waals surface area contributed by atoms with Crippen LogP contribution in [0, 0.1) is 0 Å². The molecule has 0 spiro atoms. The van der Waals surface area contributed by atoms with Crippen LogP contribution in [0.1, 0.15) is 30.7 Å². The number of hydrogen-bond donors (Lipinski definition) is 1. The van der Waals surface area contributed by atoms with Gasteiger partial charge in [0.1, 0.15) is 5.75 Å². The first-order chi connectivity index (χ1) is 9.83. The van der Waals surface area contributed by atoms with Crippen LogP contribution in [0.15, 0.2) is 24.3 Å². The molecule has 0 bridgehead atoms. The second kappa shape index (κ2) is 8.12. The summed E-state index contributed by atoms with van der Waals surface area (Å²) in [5.74, 6) is -1.13. The van der Waals surface area contributed by atoms with Crippen molar-refractivity contribution in [2.24, 2.45) is 0 Å². The molecule has 0 aliphatic heterocycles. The van der Waals surface area contributed by atoms with Crippen molar-refractivity contribution in [3.05, 3.63) is 29.8 Å². The zero-order valence-electron chi connectivity index (χ0n) is 11.2. The van der Waals surface area contributed by atoms with Crippen molar-refractivity contribution in [1.29, 1.82) is 0 Å². The largest absolute Gasteiger partial charge is 0.484 e. The number of hydrogen-bond acceptors (Lipinski definition) is 2. The molecule has 0 fully saturated rings. The topological polar surface area (TPSA) is 46.5 Å². The van der Waals surface area contributed by atoms with Gasteiger partial charge in [0.05, 0.1) is 5.92 Å². The Balaban J connectivity index is 2.67. The van der Waals surface area contributed by atoms with Gasteiger partial charge in [-0.15, -0.1) is 11.6 Å². The monoisotopic (exact) mass is 324 g/mol. The smallest absolute Gasteiger partial charge is 0.422 e. The zero-order chi connectivity index (χ0) is 15.9. The second-order valence-corrected chi connectivity index (χ2v) is 4.93. The number of alkyl halides is 4. The number of halogens is 4. The molecule has 0 aromatic heterocycles. The number of carboxylic acid groups (broad SMARTS) is 1. The highest BCUT2D eigenvalue weighted by Crippen LogP contribution is 2.25. The van der Waals surface area contributed by atoms with Gasteiger partial charge in [0.15, 0.2) is 6.61 Å². The molecule has 3 nitrogen and oxygen atoms in total. The maximum atomic E-state index is 12.0. The van der Waals surface area contributed by atoms with Crippen molar-refractivity contribution in [3.8, 4) is 5.75 Å². The molecule has 118 valence electrons. The lowest BCUT2D eigenvalue weighted by atomic mass is 9.94. The third-order valence-corrected chi connectivity index (χ3v) is 3.13. The van der Waals surface area contributed by atoms with Gasteiger partial charge in [-0.1, -0.05) is 18.6 Å². The highest BCUT2D eigenvalue weighted by Gasteiger charge is 2.28. The highest BCUT2D eigenvalue weighted by atomic mass is 35.5. The van der Waals surface area contributed by atoms with Gasteiger partial charge in [-0.25, -0.2) is 0 Å². The quantitative estimate of drug-likeness (QED) is 0.575. The van der Waals surface area contributed by atoms with Crippen molar-refractivity contribution in [2.45, 2.75) is 31.4 Å². The summed E-state index contributed by atoms with van der Waals surface area (Å²) in [6.07, 6.45) is -2.57. The minimum absolute atomic E-state index is 0.0565. The number of benzene rings is 1. The molecular formula is C14H16ClF3O3. The normalized spacial score (nSPS) is 13.0. The molecule has 1 N–H and O–H groups in total. The fourth-order valence-corrected chi connectivity index (χ4v) is 2.03. The van der Waals surface area contributed by atoms with Crippen molar-refractivity contribution >= 4 is 17.6 Å². The van der Waals surface area contributed by atoms with Crippen LogP contribution in [-0.4, -0.2) is 29.7 Å². The Morgan fingerprint density at radius 3 is 2.33 bits per heavy atom. The Hall–Kier alpha value is -1.43. The Kier molecular flexibility index (Phi) is 6.81. The van der Waals surface area contributed by atoms with Gasteiger partial charge in [-0.2, -0.15) is 13.2 Å². The molecule has 21 heavy (non-hydrogen) atoms. The van der Waals surface area contributed by atoms with Crippen LogP contribution < -0.4 is 4.74 Å². The minimum atomic E-state index is -4.40. The Morgan fingerprint density at radius 2 is 1.86 bits per heavy atom. The number of ether oxygens (including phenoxy) is 1. The summed E-state index contributed by atoms with van der Waals surface area (Å²) in [4.78, 5) is 11.2. The van der Waals surface area contributed by atoms with Crippen molar-refractivity contribution in [2.75, 3.05) is 12.5 Å². The number of unbranched alkanes of at least 4 members (excludes halogenated alkanes) is 1. The third kappa shape index (κ3) is 6.71. The number of carbonyl (C=O) groups is 1. The summed E-state index contributed by atoms with van der Waals surface area (Å²) in [6, 6.07) is 5.65. The highest BCUT2D eigenvalue weighted by molar-refractivity contribution is 6.17. The van der Waals surface area contributed by atoms with Crippen LogP contribution in [-0.2, 0) is 4.79 Å². The Morgan fingerprint density at radius 1 is 1.24 bits per heavy atom. The second-order valence-electron chi connectivity index (χ2n) is 4.55. The number of aliphatic carboxylic acids is 1. The summed E-state index contributed by atoms with van der Waals surface area (Å²) in [5, 5.41) is 9.19. The van der Waals surface area contributed by atoms with Crippen LogP contribution in [0.25, 0.3) is 0 Å². The molecule has 0 aliphatic carbocycles. The first-order valence-electron chi connectivity index (χ1n) is 6.42. The molecule has 7 heteroatoms. The number of rotatable bonds is 8. The molecule has 0 aliphatic rings. The molecule has 0 saturated heterocycles. The summed E-state index contributed by atoms with van der Waals surface area (Å²) >= 11 is 5.55. The summed E-state index contributed by atoms with van der Waals surface area (Å²) in [5.41, 5.74) is 0.538. The standard InChI is InChI=1S/C14H16ClF3O3/c15-8-2-1-3-12(13(19)20)10-4-6-11(7-5-10)21-9-14(16,17)18/h4-7,12H,1-3,8-9H2,(H,19,20). The van der Waals surface area contributed by atoms with E-state index >= 15 is 0 Å². The van der Waals surface area contributed by atoms with E-state index in [1.807, 2.05) is 0 Å². The van der Waals surface area contributed by atoms with Gasteiger partial charge in [-0.3, -0.25) is 4.79 Å². The van der Waals surface area contributed by atoms with Gasteiger partial charge in [0.2, 0.25) is 0 Å². The fraction of sp³-hybridized carbons (Fsp3) is 0.500. The molecule has 1 aromatic rings. The first-order valence-corrected chi connectivity index (χ1v) is 6.95. The van der Waals surface area contributed by atoms with E-state index in [0.29, 0.717) is 24.3 Å². The van der Waals surface area contributed by atoms with Gasteiger partial charge in [0, 0.05) is 5.88 Å².